The molecule has 13 heteroatoms. The van der Waals surface area contributed by atoms with Crippen LogP contribution in [0, 0.1) is 18.8 Å². The number of carbonyl (C=O) groups is 4. The number of fused-ring (bicyclic) bond motifs is 1. The van der Waals surface area contributed by atoms with Crippen molar-refractivity contribution >= 4 is 40.5 Å². The van der Waals surface area contributed by atoms with Crippen molar-refractivity contribution in [3.05, 3.63) is 81.9 Å². The van der Waals surface area contributed by atoms with Crippen LogP contribution in [-0.2, 0) is 20.7 Å². The highest BCUT2D eigenvalue weighted by Gasteiger charge is 2.27. The van der Waals surface area contributed by atoms with Gasteiger partial charge in [-0.2, -0.15) is 0 Å². The zero-order valence-corrected chi connectivity index (χ0v) is 28.7. The van der Waals surface area contributed by atoms with Gasteiger partial charge in [0.15, 0.2) is 0 Å². The molecule has 0 radical (unpaired) electrons. The molecule has 4 aromatic rings. The van der Waals surface area contributed by atoms with Crippen LogP contribution >= 0.6 is 0 Å². The Hall–Kier alpha value is -5.46. The number of carboxylic acid groups (broad SMARTS) is 1. The summed E-state index contributed by atoms with van der Waals surface area (Å²) in [6.07, 6.45) is 5.03. The second-order valence-electron chi connectivity index (χ2n) is 14.0. The Labute approximate surface area is 289 Å². The molecule has 50 heavy (non-hydrogen) atoms. The third kappa shape index (κ3) is 9.58. The average Bonchev–Trinajstić information content (AvgIpc) is 3.43. The number of aromatic carboxylic acids is 1. The van der Waals surface area contributed by atoms with Gasteiger partial charge in [-0.05, 0) is 106 Å². The molecule has 1 unspecified atom stereocenters. The second kappa shape index (κ2) is 15.4. The Kier molecular flexibility index (Phi) is 11.0. The Morgan fingerprint density at radius 2 is 1.68 bits per heavy atom. The monoisotopic (exact) mass is 684 g/mol. The lowest BCUT2D eigenvalue weighted by molar-refractivity contribution is -0.127. The van der Waals surface area contributed by atoms with E-state index in [0.29, 0.717) is 29.1 Å². The number of benzene rings is 2. The van der Waals surface area contributed by atoms with Gasteiger partial charge in [0.2, 0.25) is 11.8 Å². The molecule has 2 aromatic carbocycles. The molecular weight excluding hydrogens is 640 g/mol. The van der Waals surface area contributed by atoms with Gasteiger partial charge in [-0.25, -0.2) is 14.6 Å². The van der Waals surface area contributed by atoms with Gasteiger partial charge in [0.05, 0.1) is 10.9 Å². The van der Waals surface area contributed by atoms with Crippen molar-refractivity contribution in [3.63, 3.8) is 0 Å². The summed E-state index contributed by atoms with van der Waals surface area (Å²) in [5, 5.41) is 23.7. The van der Waals surface area contributed by atoms with Crippen molar-refractivity contribution in [2.75, 3.05) is 11.9 Å². The molecular formula is C37H44N6O7. The Morgan fingerprint density at radius 1 is 0.980 bits per heavy atom. The first kappa shape index (κ1) is 35.8. The van der Waals surface area contributed by atoms with Crippen LogP contribution in [0.1, 0.15) is 74.5 Å². The Morgan fingerprint density at radius 3 is 2.34 bits per heavy atom. The highest BCUT2D eigenvalue weighted by atomic mass is 16.6. The number of alkyl carbamates (subject to hydrolysis) is 1. The standard InChI is InChI=1S/C37H44N6O7/c1-21-15-31(35(47)48)38-20-28(21)25-11-9-22(10-12-25)16-30(34(46)40-26-13-14-27-29(18-26)42-43-33(27)45)41-32(44)17-23-5-7-24(8-6-23)19-39-36(49)50-37(2,3)4/h9-15,18,20,23-24,30H,5-8,16-17,19H2,1-4H3,(H,39,49)(H,40,46)(H,41,44)(H,47,48)(H2,42,43,45). The summed E-state index contributed by atoms with van der Waals surface area (Å²) in [5.41, 5.74) is 3.37. The lowest BCUT2D eigenvalue weighted by Gasteiger charge is -2.29. The predicted octanol–water partition coefficient (Wildman–Crippen LogP) is 5.31. The van der Waals surface area contributed by atoms with Crippen molar-refractivity contribution in [1.29, 1.82) is 0 Å². The minimum Gasteiger partial charge on any atom is -0.477 e. The van der Waals surface area contributed by atoms with E-state index in [-0.39, 0.29) is 35.9 Å². The number of aromatic nitrogens is 3. The number of ether oxygens (including phenoxy) is 1. The summed E-state index contributed by atoms with van der Waals surface area (Å²) in [5.74, 6) is -1.25. The number of pyridine rings is 1. The summed E-state index contributed by atoms with van der Waals surface area (Å²) in [6, 6.07) is 13.0. The maximum Gasteiger partial charge on any atom is 0.407 e. The van der Waals surface area contributed by atoms with E-state index in [9.17, 15) is 29.1 Å². The van der Waals surface area contributed by atoms with Gasteiger partial charge in [0.1, 0.15) is 17.3 Å². The van der Waals surface area contributed by atoms with E-state index in [1.54, 1.807) is 18.2 Å². The quantitative estimate of drug-likeness (QED) is 0.122. The molecule has 5 rings (SSSR count). The number of anilines is 1. The van der Waals surface area contributed by atoms with Crippen LogP contribution in [0.3, 0.4) is 0 Å². The zero-order chi connectivity index (χ0) is 36.0. The lowest BCUT2D eigenvalue weighted by Crippen LogP contribution is -2.45. The van der Waals surface area contributed by atoms with Gasteiger partial charge in [-0.15, -0.1) is 0 Å². The van der Waals surface area contributed by atoms with Crippen LogP contribution in [0.4, 0.5) is 10.5 Å². The fourth-order valence-corrected chi connectivity index (χ4v) is 6.28. The first-order chi connectivity index (χ1) is 23.7. The predicted molar refractivity (Wildman–Crippen MR) is 189 cm³/mol. The molecule has 6 N–H and O–H groups in total. The maximum absolute atomic E-state index is 13.7. The summed E-state index contributed by atoms with van der Waals surface area (Å²) >= 11 is 0. The summed E-state index contributed by atoms with van der Waals surface area (Å²) < 4.78 is 5.33. The molecule has 1 aliphatic carbocycles. The van der Waals surface area contributed by atoms with Crippen LogP contribution in [0.15, 0.2) is 59.5 Å². The van der Waals surface area contributed by atoms with E-state index in [4.69, 9.17) is 4.74 Å². The number of aryl methyl sites for hydroxylation is 1. The van der Waals surface area contributed by atoms with E-state index in [1.807, 2.05) is 52.0 Å². The molecule has 2 aromatic heterocycles. The number of amides is 3. The van der Waals surface area contributed by atoms with E-state index in [0.717, 1.165) is 47.9 Å². The fraction of sp³-hybridized carbons (Fsp3) is 0.405. The third-order valence-corrected chi connectivity index (χ3v) is 8.90. The molecule has 0 saturated heterocycles. The molecule has 0 spiro atoms. The van der Waals surface area contributed by atoms with Crippen molar-refractivity contribution in [2.24, 2.45) is 11.8 Å². The smallest absolute Gasteiger partial charge is 0.407 e. The van der Waals surface area contributed by atoms with Crippen LogP contribution in [-0.4, -0.2) is 62.4 Å². The number of nitrogens with zero attached hydrogens (tertiary/aromatic N) is 1. The molecule has 13 nitrogen and oxygen atoms in total. The first-order valence-corrected chi connectivity index (χ1v) is 16.8. The summed E-state index contributed by atoms with van der Waals surface area (Å²) in [6.45, 7) is 7.82. The molecule has 0 bridgehead atoms. The van der Waals surface area contributed by atoms with Crippen molar-refractivity contribution < 1.29 is 29.0 Å². The van der Waals surface area contributed by atoms with Crippen LogP contribution < -0.4 is 21.5 Å². The van der Waals surface area contributed by atoms with Gasteiger partial charge >= 0.3 is 12.1 Å². The van der Waals surface area contributed by atoms with E-state index in [2.05, 4.69) is 31.1 Å². The topological polar surface area (TPSA) is 195 Å². The largest absolute Gasteiger partial charge is 0.477 e. The van der Waals surface area contributed by atoms with Gasteiger partial charge in [0.25, 0.3) is 5.56 Å². The van der Waals surface area contributed by atoms with Gasteiger partial charge in [-0.3, -0.25) is 24.6 Å². The van der Waals surface area contributed by atoms with Crippen molar-refractivity contribution in [1.82, 2.24) is 25.8 Å². The third-order valence-electron chi connectivity index (χ3n) is 8.90. The minimum atomic E-state index is -1.09. The Balaban J connectivity index is 1.23. The molecule has 0 aliphatic heterocycles. The normalized spacial score (nSPS) is 16.7. The van der Waals surface area contributed by atoms with Gasteiger partial charge in [-0.1, -0.05) is 24.3 Å². The molecule has 264 valence electrons. The number of hydrogen-bond donors (Lipinski definition) is 6. The highest BCUT2D eigenvalue weighted by Crippen LogP contribution is 2.31. The number of H-pyrrole nitrogens is 2. The SMILES string of the molecule is Cc1cc(C(=O)O)ncc1-c1ccc(CC(NC(=O)CC2CCC(CNC(=O)OC(C)(C)C)CC2)C(=O)Nc2ccc3c(=O)[nH][nH]c3c2)cc1. The molecule has 1 saturated carbocycles. The first-order valence-electron chi connectivity index (χ1n) is 16.8. The summed E-state index contributed by atoms with van der Waals surface area (Å²) in [7, 11) is 0. The molecule has 1 aliphatic rings. The zero-order valence-electron chi connectivity index (χ0n) is 28.7. The van der Waals surface area contributed by atoms with E-state index in [1.165, 1.54) is 12.3 Å². The van der Waals surface area contributed by atoms with Gasteiger partial charge in [0, 0.05) is 36.8 Å². The highest BCUT2D eigenvalue weighted by molar-refractivity contribution is 5.98. The molecule has 3 amide bonds. The summed E-state index contributed by atoms with van der Waals surface area (Å²) in [4.78, 5) is 66.3. The number of aromatic amines is 2. The van der Waals surface area contributed by atoms with Crippen LogP contribution in [0.5, 0.6) is 0 Å². The number of carbonyl (C=O) groups excluding carboxylic acids is 3. The Bertz CT molecular complexity index is 1920. The number of hydrogen-bond acceptors (Lipinski definition) is 7. The van der Waals surface area contributed by atoms with Crippen molar-refractivity contribution in [3.8, 4) is 11.1 Å². The number of carboxylic acids is 1. The maximum atomic E-state index is 13.7. The second-order valence-corrected chi connectivity index (χ2v) is 14.0. The molecule has 1 atom stereocenters. The fourth-order valence-electron chi connectivity index (χ4n) is 6.28. The van der Waals surface area contributed by atoms with E-state index >= 15 is 0 Å². The van der Waals surface area contributed by atoms with Crippen molar-refractivity contribution in [2.45, 2.75) is 77.9 Å². The van der Waals surface area contributed by atoms with Crippen LogP contribution in [0.25, 0.3) is 22.0 Å². The minimum absolute atomic E-state index is 0.0299. The number of nitrogens with one attached hydrogen (secondary N) is 5. The van der Waals surface area contributed by atoms with Crippen LogP contribution in [0.2, 0.25) is 0 Å². The molecule has 2 heterocycles. The van der Waals surface area contributed by atoms with Gasteiger partial charge < -0.3 is 25.8 Å². The molecule has 1 fully saturated rings. The number of rotatable bonds is 11. The average molecular weight is 685 g/mol. The van der Waals surface area contributed by atoms with E-state index < -0.39 is 29.6 Å². The lowest BCUT2D eigenvalue weighted by atomic mass is 9.80.